The fourth-order valence-electron chi connectivity index (χ4n) is 4.39. The number of carbonyl (C=O) groups excluding carboxylic acids is 2. The Morgan fingerprint density at radius 2 is 1.90 bits per heavy atom. The Balaban J connectivity index is 1.32. The van der Waals surface area contributed by atoms with Crippen LogP contribution in [0.2, 0.25) is 0 Å². The van der Waals surface area contributed by atoms with Crippen molar-refractivity contribution < 1.29 is 28.2 Å². The number of aromatic nitrogens is 2. The van der Waals surface area contributed by atoms with Gasteiger partial charge in [0.2, 0.25) is 0 Å². The van der Waals surface area contributed by atoms with E-state index < -0.39 is 23.6 Å². The highest BCUT2D eigenvalue weighted by atomic mass is 19.1. The van der Waals surface area contributed by atoms with Gasteiger partial charge in [-0.15, -0.1) is 0 Å². The number of hydrogen-bond acceptors (Lipinski definition) is 5. The lowest BCUT2D eigenvalue weighted by atomic mass is 10.1. The zero-order valence-electron chi connectivity index (χ0n) is 21.1. The van der Waals surface area contributed by atoms with E-state index in [-0.39, 0.29) is 28.7 Å². The predicted molar refractivity (Wildman–Crippen MR) is 141 cm³/mol. The number of ether oxygens (including phenoxy) is 1. The highest BCUT2D eigenvalue weighted by molar-refractivity contribution is 6.04. The number of nitrogens with zero attached hydrogens (tertiary/aromatic N) is 2. The molecule has 0 spiro atoms. The minimum Gasteiger partial charge on any atom is -0.454 e. The number of anilines is 1. The molecule has 1 fully saturated rings. The van der Waals surface area contributed by atoms with Crippen LogP contribution in [0.5, 0.6) is 11.5 Å². The minimum absolute atomic E-state index is 0.0193. The number of aliphatic hydroxyl groups is 1. The lowest BCUT2D eigenvalue weighted by molar-refractivity contribution is 0.0474. The van der Waals surface area contributed by atoms with Crippen LogP contribution in [-0.4, -0.2) is 51.0 Å². The van der Waals surface area contributed by atoms with Crippen molar-refractivity contribution in [3.05, 3.63) is 95.3 Å². The van der Waals surface area contributed by atoms with Crippen molar-refractivity contribution in [1.82, 2.24) is 14.9 Å². The normalized spacial score (nSPS) is 15.2. The number of benzene rings is 2. The Morgan fingerprint density at radius 3 is 2.72 bits per heavy atom. The van der Waals surface area contributed by atoms with Gasteiger partial charge in [0.1, 0.15) is 11.6 Å². The number of nitrogens with one attached hydrogen (secondary N) is 2. The Kier molecular flexibility index (Phi) is 7.38. The summed E-state index contributed by atoms with van der Waals surface area (Å²) in [4.78, 5) is 34.5. The molecule has 0 saturated carbocycles. The van der Waals surface area contributed by atoms with E-state index in [1.807, 2.05) is 0 Å². The van der Waals surface area contributed by atoms with Gasteiger partial charge in [0, 0.05) is 37.1 Å². The second-order valence-corrected chi connectivity index (χ2v) is 9.41. The van der Waals surface area contributed by atoms with Crippen molar-refractivity contribution in [3.8, 4) is 22.9 Å². The summed E-state index contributed by atoms with van der Waals surface area (Å²) in [6, 6.07) is 12.7. The fraction of sp³-hybridized carbons (Fsp3) is 0.207. The average Bonchev–Trinajstić information content (AvgIpc) is 3.42. The number of aryl methyl sites for hydroxylation is 1. The summed E-state index contributed by atoms with van der Waals surface area (Å²) < 4.78 is 34.4. The number of piperidine rings is 1. The molecule has 1 aliphatic heterocycles. The van der Waals surface area contributed by atoms with Crippen molar-refractivity contribution in [2.45, 2.75) is 25.9 Å². The minimum atomic E-state index is -0.692. The van der Waals surface area contributed by atoms with E-state index in [9.17, 15) is 23.5 Å². The molecule has 0 bridgehead atoms. The van der Waals surface area contributed by atoms with Crippen LogP contribution in [0.15, 0.2) is 67.0 Å². The lowest BCUT2D eigenvalue weighted by Gasteiger charge is -2.29. The average molecular weight is 533 g/mol. The molecule has 8 nitrogen and oxygen atoms in total. The molecule has 2 aromatic carbocycles. The third-order valence-corrected chi connectivity index (χ3v) is 6.41. The molecule has 2 aromatic heterocycles. The van der Waals surface area contributed by atoms with Crippen LogP contribution in [0.3, 0.4) is 0 Å². The number of carbonyl (C=O) groups is 2. The van der Waals surface area contributed by atoms with Crippen molar-refractivity contribution in [1.29, 1.82) is 0 Å². The van der Waals surface area contributed by atoms with Gasteiger partial charge >= 0.3 is 0 Å². The molecule has 1 atom stereocenters. The fourth-order valence-corrected chi connectivity index (χ4v) is 4.39. The van der Waals surface area contributed by atoms with Gasteiger partial charge in [-0.2, -0.15) is 0 Å². The number of H-pyrrole nitrogens is 1. The Labute approximate surface area is 223 Å². The SMILES string of the molecule is Cc1ccc(F)c(NC(=O)c2ccc(F)c(Oc3ccnc(-c4cc(C(=O)N5CCCC(O)C5)c[nH]4)c3)c2)c1. The number of likely N-dealkylation sites (tertiary alicyclic amines) is 1. The van der Waals surface area contributed by atoms with Gasteiger partial charge in [0.05, 0.1) is 28.7 Å². The highest BCUT2D eigenvalue weighted by Crippen LogP contribution is 2.29. The van der Waals surface area contributed by atoms with E-state index >= 15 is 0 Å². The third-order valence-electron chi connectivity index (χ3n) is 6.41. The van der Waals surface area contributed by atoms with Crippen LogP contribution < -0.4 is 10.1 Å². The van der Waals surface area contributed by atoms with E-state index in [1.165, 1.54) is 36.5 Å². The van der Waals surface area contributed by atoms with Crippen molar-refractivity contribution in [2.24, 2.45) is 0 Å². The molecule has 0 aliphatic carbocycles. The molecule has 1 unspecified atom stereocenters. The molecule has 2 amide bonds. The predicted octanol–water partition coefficient (Wildman–Crippen LogP) is 5.30. The van der Waals surface area contributed by atoms with Gasteiger partial charge in [-0.1, -0.05) is 6.07 Å². The number of aromatic amines is 1. The Morgan fingerprint density at radius 1 is 1.08 bits per heavy atom. The number of pyridine rings is 1. The number of halogens is 2. The summed E-state index contributed by atoms with van der Waals surface area (Å²) in [5.41, 5.74) is 2.31. The second kappa shape index (κ2) is 11.0. The van der Waals surface area contributed by atoms with Gasteiger partial charge in [0.15, 0.2) is 11.6 Å². The molecule has 200 valence electrons. The van der Waals surface area contributed by atoms with Crippen LogP contribution in [0.1, 0.15) is 39.1 Å². The van der Waals surface area contributed by atoms with Crippen molar-refractivity contribution in [3.63, 3.8) is 0 Å². The molecule has 1 aliphatic rings. The smallest absolute Gasteiger partial charge is 0.255 e. The maximum atomic E-state index is 14.6. The molecular formula is C29H26F2N4O4. The van der Waals surface area contributed by atoms with Gasteiger partial charge in [-0.25, -0.2) is 8.78 Å². The molecule has 39 heavy (non-hydrogen) atoms. The van der Waals surface area contributed by atoms with Crippen LogP contribution in [-0.2, 0) is 0 Å². The molecule has 5 rings (SSSR count). The number of hydrogen-bond donors (Lipinski definition) is 3. The van der Waals surface area contributed by atoms with Crippen LogP contribution >= 0.6 is 0 Å². The highest BCUT2D eigenvalue weighted by Gasteiger charge is 2.24. The third kappa shape index (κ3) is 5.96. The molecule has 0 radical (unpaired) electrons. The second-order valence-electron chi connectivity index (χ2n) is 9.41. The summed E-state index contributed by atoms with van der Waals surface area (Å²) in [6.45, 7) is 2.65. The standard InChI is InChI=1S/C29H26F2N4O4/c1-17-4-6-22(30)24(11-17)34-28(37)18-5-7-23(31)27(13-18)39-21-8-9-32-26(14-21)25-12-19(15-33-25)29(38)35-10-2-3-20(36)16-35/h4-9,11-15,20,33,36H,2-3,10,16H2,1H3,(H,34,37). The van der Waals surface area contributed by atoms with E-state index in [1.54, 1.807) is 36.2 Å². The van der Waals surface area contributed by atoms with Crippen LogP contribution in [0.25, 0.3) is 11.4 Å². The monoisotopic (exact) mass is 532 g/mol. The molecule has 3 N–H and O–H groups in total. The first-order valence-corrected chi connectivity index (χ1v) is 12.4. The molecular weight excluding hydrogens is 506 g/mol. The maximum absolute atomic E-state index is 14.6. The van der Waals surface area contributed by atoms with Crippen LogP contribution in [0, 0.1) is 18.6 Å². The van der Waals surface area contributed by atoms with Gasteiger partial charge in [-0.05, 0) is 67.8 Å². The molecule has 10 heteroatoms. The molecule has 3 heterocycles. The van der Waals surface area contributed by atoms with E-state index in [0.29, 0.717) is 36.5 Å². The van der Waals surface area contributed by atoms with Gasteiger partial charge < -0.3 is 25.0 Å². The lowest BCUT2D eigenvalue weighted by Crippen LogP contribution is -2.42. The topological polar surface area (TPSA) is 108 Å². The summed E-state index contributed by atoms with van der Waals surface area (Å²) >= 11 is 0. The number of rotatable bonds is 6. The zero-order chi connectivity index (χ0) is 27.5. The molecule has 4 aromatic rings. The van der Waals surface area contributed by atoms with Gasteiger partial charge in [-0.3, -0.25) is 14.6 Å². The van der Waals surface area contributed by atoms with Crippen molar-refractivity contribution >= 4 is 17.5 Å². The number of aliphatic hydroxyl groups excluding tert-OH is 1. The maximum Gasteiger partial charge on any atom is 0.255 e. The first kappa shape index (κ1) is 26.1. The van der Waals surface area contributed by atoms with Crippen LogP contribution in [0.4, 0.5) is 14.5 Å². The van der Waals surface area contributed by atoms with Gasteiger partial charge in [0.25, 0.3) is 11.8 Å². The summed E-state index contributed by atoms with van der Waals surface area (Å²) in [6.07, 6.45) is 3.95. The summed E-state index contributed by atoms with van der Waals surface area (Å²) in [5.74, 6) is -2.03. The van der Waals surface area contributed by atoms with E-state index in [0.717, 1.165) is 18.1 Å². The zero-order valence-corrected chi connectivity index (χ0v) is 21.1. The molecule has 1 saturated heterocycles. The van der Waals surface area contributed by atoms with E-state index in [2.05, 4.69) is 15.3 Å². The number of β-amino-alcohol motifs (C(OH)–C–C–N with tert-alkyl or cyclic N) is 1. The van der Waals surface area contributed by atoms with Crippen molar-refractivity contribution in [2.75, 3.05) is 18.4 Å². The van der Waals surface area contributed by atoms with E-state index in [4.69, 9.17) is 4.74 Å². The quantitative estimate of drug-likeness (QED) is 0.312. The first-order chi connectivity index (χ1) is 18.8. The Hall–Kier alpha value is -4.57. The number of amides is 2. The first-order valence-electron chi connectivity index (χ1n) is 12.4. The Bertz CT molecular complexity index is 1540. The largest absolute Gasteiger partial charge is 0.454 e. The summed E-state index contributed by atoms with van der Waals surface area (Å²) in [5, 5.41) is 12.4. The summed E-state index contributed by atoms with van der Waals surface area (Å²) in [7, 11) is 0.